The molecule has 1 saturated carbocycles. The Bertz CT molecular complexity index is 294. The van der Waals surface area contributed by atoms with Crippen LogP contribution in [0.2, 0.25) is 0 Å². The van der Waals surface area contributed by atoms with E-state index in [1.165, 1.54) is 32.1 Å². The molecule has 2 fully saturated rings. The van der Waals surface area contributed by atoms with Gasteiger partial charge in [0.05, 0.1) is 6.04 Å². The molecule has 0 spiro atoms. The number of piperidine rings is 1. The van der Waals surface area contributed by atoms with Crippen LogP contribution in [-0.4, -0.2) is 42.5 Å². The number of amides is 1. The van der Waals surface area contributed by atoms with E-state index in [1.54, 1.807) is 0 Å². The van der Waals surface area contributed by atoms with E-state index in [2.05, 4.69) is 17.1 Å². The molecule has 116 valence electrons. The molecule has 0 aromatic heterocycles. The van der Waals surface area contributed by atoms with Gasteiger partial charge in [-0.2, -0.15) is 0 Å². The molecule has 2 rings (SSSR count). The normalized spacial score (nSPS) is 24.5. The van der Waals surface area contributed by atoms with Crippen LogP contribution in [0.1, 0.15) is 58.3 Å². The van der Waals surface area contributed by atoms with Gasteiger partial charge in [-0.1, -0.05) is 39.0 Å². The fourth-order valence-electron chi connectivity index (χ4n) is 3.59. The summed E-state index contributed by atoms with van der Waals surface area (Å²) in [6, 6.07) is 0.0324. The molecule has 1 unspecified atom stereocenters. The van der Waals surface area contributed by atoms with Gasteiger partial charge in [0.1, 0.15) is 0 Å². The first-order chi connectivity index (χ1) is 9.69. The van der Waals surface area contributed by atoms with E-state index in [1.807, 2.05) is 0 Å². The van der Waals surface area contributed by atoms with Gasteiger partial charge in [-0.25, -0.2) is 0 Å². The first-order valence-electron chi connectivity index (χ1n) is 8.47. The predicted molar refractivity (Wildman–Crippen MR) is 82.4 cm³/mol. The van der Waals surface area contributed by atoms with Gasteiger partial charge in [0.15, 0.2) is 0 Å². The van der Waals surface area contributed by atoms with E-state index in [9.17, 15) is 4.79 Å². The highest BCUT2D eigenvalue weighted by Crippen LogP contribution is 2.27. The van der Waals surface area contributed by atoms with Crippen molar-refractivity contribution in [1.29, 1.82) is 0 Å². The van der Waals surface area contributed by atoms with Crippen LogP contribution in [0.4, 0.5) is 0 Å². The number of likely N-dealkylation sites (tertiary alicyclic amines) is 1. The van der Waals surface area contributed by atoms with Gasteiger partial charge >= 0.3 is 0 Å². The Kier molecular flexibility index (Phi) is 6.30. The van der Waals surface area contributed by atoms with Crippen LogP contribution < -0.4 is 11.1 Å². The van der Waals surface area contributed by atoms with E-state index >= 15 is 0 Å². The fourth-order valence-corrected chi connectivity index (χ4v) is 3.59. The van der Waals surface area contributed by atoms with Crippen LogP contribution in [-0.2, 0) is 4.79 Å². The highest BCUT2D eigenvalue weighted by atomic mass is 16.2. The zero-order chi connectivity index (χ0) is 14.4. The average Bonchev–Trinajstić information content (AvgIpc) is 2.49. The first kappa shape index (κ1) is 15.8. The molecular weight excluding hydrogens is 250 g/mol. The number of nitrogens with zero attached hydrogens (tertiary/aromatic N) is 1. The van der Waals surface area contributed by atoms with Crippen molar-refractivity contribution in [1.82, 2.24) is 10.2 Å². The summed E-state index contributed by atoms with van der Waals surface area (Å²) in [7, 11) is 0. The van der Waals surface area contributed by atoms with Crippen molar-refractivity contribution in [2.45, 2.75) is 70.4 Å². The van der Waals surface area contributed by atoms with E-state index in [0.717, 1.165) is 38.9 Å². The topological polar surface area (TPSA) is 58.4 Å². The van der Waals surface area contributed by atoms with Crippen LogP contribution in [0.25, 0.3) is 0 Å². The van der Waals surface area contributed by atoms with Crippen molar-refractivity contribution in [3.05, 3.63) is 0 Å². The molecule has 1 heterocycles. The highest BCUT2D eigenvalue weighted by molar-refractivity contribution is 5.81. The quantitative estimate of drug-likeness (QED) is 0.809. The molecule has 1 atom stereocenters. The molecule has 20 heavy (non-hydrogen) atoms. The van der Waals surface area contributed by atoms with Gasteiger partial charge in [0.2, 0.25) is 5.91 Å². The van der Waals surface area contributed by atoms with Crippen LogP contribution in [0, 0.1) is 5.92 Å². The van der Waals surface area contributed by atoms with Gasteiger partial charge in [-0.15, -0.1) is 0 Å². The van der Waals surface area contributed by atoms with Crippen LogP contribution >= 0.6 is 0 Å². The molecule has 0 radical (unpaired) electrons. The molecule has 4 nitrogen and oxygen atoms in total. The first-order valence-corrected chi connectivity index (χ1v) is 8.47. The van der Waals surface area contributed by atoms with Crippen LogP contribution in [0.3, 0.4) is 0 Å². The molecule has 4 heteroatoms. The minimum absolute atomic E-state index is 0.0746. The van der Waals surface area contributed by atoms with Crippen LogP contribution in [0.5, 0.6) is 0 Å². The standard InChI is InChI=1S/C16H31N3O/c1-2-19-10-8-14(9-11-19)18-16(20)15(17)12-13-6-4-3-5-7-13/h13-15H,2-12,17H2,1H3,(H,18,20). The number of carbonyl (C=O) groups is 1. The second-order valence-electron chi connectivity index (χ2n) is 6.56. The van der Waals surface area contributed by atoms with E-state index in [-0.39, 0.29) is 11.9 Å². The molecular formula is C16H31N3O. The third-order valence-corrected chi connectivity index (χ3v) is 5.03. The Balaban J connectivity index is 1.68. The zero-order valence-electron chi connectivity index (χ0n) is 12.9. The highest BCUT2D eigenvalue weighted by Gasteiger charge is 2.24. The number of hydrogen-bond donors (Lipinski definition) is 2. The lowest BCUT2D eigenvalue weighted by molar-refractivity contribution is -0.123. The third kappa shape index (κ3) is 4.74. The molecule has 0 bridgehead atoms. The minimum Gasteiger partial charge on any atom is -0.352 e. The lowest BCUT2D eigenvalue weighted by Gasteiger charge is -2.32. The van der Waals surface area contributed by atoms with Crippen molar-refractivity contribution >= 4 is 5.91 Å². The summed E-state index contributed by atoms with van der Waals surface area (Å²) in [4.78, 5) is 14.6. The number of hydrogen-bond acceptors (Lipinski definition) is 3. The number of nitrogens with two attached hydrogens (primary N) is 1. The smallest absolute Gasteiger partial charge is 0.237 e. The Hall–Kier alpha value is -0.610. The largest absolute Gasteiger partial charge is 0.352 e. The summed E-state index contributed by atoms with van der Waals surface area (Å²) in [5.74, 6) is 0.747. The molecule has 1 saturated heterocycles. The molecule has 2 aliphatic rings. The maximum Gasteiger partial charge on any atom is 0.237 e. The summed E-state index contributed by atoms with van der Waals surface area (Å²) in [6.45, 7) is 5.50. The number of carbonyl (C=O) groups excluding carboxylic acids is 1. The summed E-state index contributed by atoms with van der Waals surface area (Å²) in [6.07, 6.45) is 9.51. The van der Waals surface area contributed by atoms with Crippen molar-refractivity contribution in [2.75, 3.05) is 19.6 Å². The molecule has 0 aromatic carbocycles. The molecule has 1 amide bonds. The maximum atomic E-state index is 12.2. The second kappa shape index (κ2) is 7.99. The Morgan fingerprint density at radius 1 is 1.20 bits per heavy atom. The zero-order valence-corrected chi connectivity index (χ0v) is 12.9. The molecule has 0 aromatic rings. The van der Waals surface area contributed by atoms with Gasteiger partial charge in [-0.3, -0.25) is 4.79 Å². The molecule has 3 N–H and O–H groups in total. The van der Waals surface area contributed by atoms with Crippen molar-refractivity contribution in [3.8, 4) is 0 Å². The van der Waals surface area contributed by atoms with Gasteiger partial charge in [-0.05, 0) is 31.7 Å². The summed E-state index contributed by atoms with van der Waals surface area (Å²) >= 11 is 0. The van der Waals surface area contributed by atoms with Gasteiger partial charge in [0, 0.05) is 19.1 Å². The summed E-state index contributed by atoms with van der Waals surface area (Å²) in [5, 5.41) is 3.16. The molecule has 1 aliphatic heterocycles. The van der Waals surface area contributed by atoms with Gasteiger partial charge < -0.3 is 16.0 Å². The molecule has 1 aliphatic carbocycles. The van der Waals surface area contributed by atoms with E-state index in [4.69, 9.17) is 5.73 Å². The number of nitrogens with one attached hydrogen (secondary N) is 1. The van der Waals surface area contributed by atoms with Crippen molar-refractivity contribution in [3.63, 3.8) is 0 Å². The monoisotopic (exact) mass is 281 g/mol. The summed E-state index contributed by atoms with van der Waals surface area (Å²) in [5.41, 5.74) is 6.10. The lowest BCUT2D eigenvalue weighted by Crippen LogP contribution is -2.50. The van der Waals surface area contributed by atoms with E-state index < -0.39 is 0 Å². The third-order valence-electron chi connectivity index (χ3n) is 5.03. The summed E-state index contributed by atoms with van der Waals surface area (Å²) < 4.78 is 0. The predicted octanol–water partition coefficient (Wildman–Crippen LogP) is 1.88. The van der Waals surface area contributed by atoms with E-state index in [0.29, 0.717) is 12.0 Å². The Morgan fingerprint density at radius 3 is 2.45 bits per heavy atom. The number of rotatable bonds is 5. The fraction of sp³-hybridized carbons (Fsp3) is 0.938. The lowest BCUT2D eigenvalue weighted by atomic mass is 9.85. The average molecular weight is 281 g/mol. The van der Waals surface area contributed by atoms with Crippen LogP contribution in [0.15, 0.2) is 0 Å². The van der Waals surface area contributed by atoms with Crippen molar-refractivity contribution in [2.24, 2.45) is 11.7 Å². The Morgan fingerprint density at radius 2 is 1.85 bits per heavy atom. The SMILES string of the molecule is CCN1CCC(NC(=O)C(N)CC2CCCCC2)CC1. The second-order valence-corrected chi connectivity index (χ2v) is 6.56. The minimum atomic E-state index is -0.303. The Labute approximate surface area is 123 Å². The van der Waals surface area contributed by atoms with Gasteiger partial charge in [0.25, 0.3) is 0 Å². The maximum absolute atomic E-state index is 12.2. The van der Waals surface area contributed by atoms with Crippen molar-refractivity contribution < 1.29 is 4.79 Å².